The van der Waals surface area contributed by atoms with Gasteiger partial charge in [-0.25, -0.2) is 0 Å². The maximum atomic E-state index is 13.0. The molecule has 7 nitrogen and oxygen atoms in total. The van der Waals surface area contributed by atoms with Gasteiger partial charge in [0.05, 0.1) is 18.2 Å². The zero-order chi connectivity index (χ0) is 23.4. The molecule has 0 spiro atoms. The molecule has 1 aliphatic heterocycles. The summed E-state index contributed by atoms with van der Waals surface area (Å²) in [6.45, 7) is 7.52. The molecule has 2 aromatic rings. The van der Waals surface area contributed by atoms with Crippen LogP contribution >= 0.6 is 0 Å². The number of ether oxygens (including phenoxy) is 1. The Labute approximate surface area is 189 Å². The van der Waals surface area contributed by atoms with Crippen LogP contribution in [0.3, 0.4) is 0 Å². The Kier molecular flexibility index (Phi) is 7.30. The lowest BCUT2D eigenvalue weighted by Gasteiger charge is -2.26. The molecule has 0 bridgehead atoms. The van der Waals surface area contributed by atoms with Gasteiger partial charge in [0.2, 0.25) is 0 Å². The van der Waals surface area contributed by atoms with Gasteiger partial charge in [-0.15, -0.1) is 0 Å². The van der Waals surface area contributed by atoms with Gasteiger partial charge in [-0.3, -0.25) is 14.6 Å². The lowest BCUT2D eigenvalue weighted by Crippen LogP contribution is -2.35. The fraction of sp³-hybridized carbons (Fsp3) is 0.400. The Morgan fingerprint density at radius 3 is 2.59 bits per heavy atom. The number of likely N-dealkylation sites (N-methyl/N-ethyl adjacent to an activating group) is 1. The third kappa shape index (κ3) is 4.99. The molecule has 1 atom stereocenters. The number of benzene rings is 1. The van der Waals surface area contributed by atoms with Crippen molar-refractivity contribution < 1.29 is 19.4 Å². The highest BCUT2D eigenvalue weighted by molar-refractivity contribution is 6.46. The predicted octanol–water partition coefficient (Wildman–Crippen LogP) is 3.41. The third-order valence-electron chi connectivity index (χ3n) is 5.36. The van der Waals surface area contributed by atoms with Crippen molar-refractivity contribution in [3.63, 3.8) is 0 Å². The smallest absolute Gasteiger partial charge is 0.295 e. The molecule has 0 aliphatic carbocycles. The quantitative estimate of drug-likeness (QED) is 0.387. The van der Waals surface area contributed by atoms with Crippen LogP contribution in [-0.2, 0) is 9.59 Å². The lowest BCUT2D eigenvalue weighted by molar-refractivity contribution is -0.140. The highest BCUT2D eigenvalue weighted by Gasteiger charge is 2.46. The number of aromatic nitrogens is 1. The molecule has 0 radical (unpaired) electrons. The van der Waals surface area contributed by atoms with E-state index in [2.05, 4.69) is 18.8 Å². The van der Waals surface area contributed by atoms with Crippen molar-refractivity contribution in [3.05, 3.63) is 65.0 Å². The van der Waals surface area contributed by atoms with Crippen LogP contribution in [0.4, 0.5) is 0 Å². The van der Waals surface area contributed by atoms with Crippen molar-refractivity contribution >= 4 is 17.4 Å². The number of nitrogens with zero attached hydrogens (tertiary/aromatic N) is 3. The van der Waals surface area contributed by atoms with Gasteiger partial charge < -0.3 is 19.6 Å². The van der Waals surface area contributed by atoms with Crippen molar-refractivity contribution in [1.82, 2.24) is 14.8 Å². The third-order valence-corrected chi connectivity index (χ3v) is 5.36. The minimum absolute atomic E-state index is 0.0840. The molecule has 1 aromatic heterocycles. The summed E-state index contributed by atoms with van der Waals surface area (Å²) in [4.78, 5) is 33.6. The van der Waals surface area contributed by atoms with Crippen molar-refractivity contribution in [1.29, 1.82) is 0 Å². The zero-order valence-corrected chi connectivity index (χ0v) is 19.3. The van der Waals surface area contributed by atoms with E-state index in [1.807, 2.05) is 38.1 Å². The summed E-state index contributed by atoms with van der Waals surface area (Å²) in [5, 5.41) is 11.2. The van der Waals surface area contributed by atoms with Gasteiger partial charge in [-0.1, -0.05) is 19.9 Å². The van der Waals surface area contributed by atoms with Gasteiger partial charge in [0.15, 0.2) is 0 Å². The fourth-order valence-corrected chi connectivity index (χ4v) is 3.70. The minimum atomic E-state index is -0.695. The normalized spacial score (nSPS) is 18.1. The molecule has 2 heterocycles. The summed E-state index contributed by atoms with van der Waals surface area (Å²) in [5.41, 5.74) is 2.02. The maximum absolute atomic E-state index is 13.0. The topological polar surface area (TPSA) is 83.0 Å². The molecule has 1 saturated heterocycles. The summed E-state index contributed by atoms with van der Waals surface area (Å²) in [6, 6.07) is 8.21. The van der Waals surface area contributed by atoms with Gasteiger partial charge in [-0.2, -0.15) is 0 Å². The number of aliphatic hydroxyl groups is 1. The molecule has 1 amide bonds. The summed E-state index contributed by atoms with van der Waals surface area (Å²) in [6.07, 6.45) is 3.26. The van der Waals surface area contributed by atoms with Gasteiger partial charge in [0, 0.05) is 31.0 Å². The largest absolute Gasteiger partial charge is 0.507 e. The predicted molar refractivity (Wildman–Crippen MR) is 123 cm³/mol. The summed E-state index contributed by atoms with van der Waals surface area (Å²) in [7, 11) is 3.81. The highest BCUT2D eigenvalue weighted by Crippen LogP contribution is 2.39. The number of carbonyl (C=O) groups excluding carboxylic acids is 2. The monoisotopic (exact) mass is 437 g/mol. The Bertz CT molecular complexity index is 1020. The SMILES string of the molecule is Cc1cc(OCC(C)C)ccc1C(O)=C1C(=O)C(=O)N(CCN(C)C)[C@H]1c1cccnc1. The molecule has 3 rings (SSSR count). The van der Waals surface area contributed by atoms with Crippen LogP contribution in [0.1, 0.15) is 36.6 Å². The number of Topliss-reactive ketones (excluding diaryl/α,β-unsaturated/α-hetero) is 1. The number of likely N-dealkylation sites (tertiary alicyclic amines) is 1. The van der Waals surface area contributed by atoms with E-state index < -0.39 is 17.7 Å². The molecule has 32 heavy (non-hydrogen) atoms. The van der Waals surface area contributed by atoms with Crippen molar-refractivity contribution in [3.8, 4) is 5.75 Å². The Hall–Kier alpha value is -3.19. The first kappa shape index (κ1) is 23.5. The van der Waals surface area contributed by atoms with E-state index in [0.717, 1.165) is 5.56 Å². The van der Waals surface area contributed by atoms with Crippen LogP contribution in [0.5, 0.6) is 5.75 Å². The first-order valence-corrected chi connectivity index (χ1v) is 10.8. The first-order chi connectivity index (χ1) is 15.2. The second kappa shape index (κ2) is 9.96. The number of ketones is 1. The second-order valence-electron chi connectivity index (χ2n) is 8.76. The van der Waals surface area contributed by atoms with Crippen LogP contribution in [0.25, 0.3) is 5.76 Å². The second-order valence-corrected chi connectivity index (χ2v) is 8.76. The molecule has 7 heteroatoms. The van der Waals surface area contributed by atoms with Crippen LogP contribution in [0.15, 0.2) is 48.3 Å². The van der Waals surface area contributed by atoms with Crippen LogP contribution < -0.4 is 4.74 Å². The maximum Gasteiger partial charge on any atom is 0.295 e. The van der Waals surface area contributed by atoms with Crippen LogP contribution in [0, 0.1) is 12.8 Å². The number of carbonyl (C=O) groups is 2. The molecule has 1 aliphatic rings. The zero-order valence-electron chi connectivity index (χ0n) is 19.3. The number of hydrogen-bond acceptors (Lipinski definition) is 6. The van der Waals surface area contributed by atoms with E-state index in [9.17, 15) is 14.7 Å². The summed E-state index contributed by atoms with van der Waals surface area (Å²) in [5.74, 6) is -0.395. The molecular weight excluding hydrogens is 406 g/mol. The molecule has 170 valence electrons. The van der Waals surface area contributed by atoms with E-state index in [4.69, 9.17) is 4.74 Å². The number of rotatable bonds is 8. The van der Waals surface area contributed by atoms with Crippen LogP contribution in [-0.4, -0.2) is 65.4 Å². The van der Waals surface area contributed by atoms with Gasteiger partial charge in [0.25, 0.3) is 11.7 Å². The van der Waals surface area contributed by atoms with E-state index in [1.54, 1.807) is 30.6 Å². The number of pyridine rings is 1. The molecule has 0 unspecified atom stereocenters. The average Bonchev–Trinajstić information content (AvgIpc) is 3.01. The van der Waals surface area contributed by atoms with Crippen molar-refractivity contribution in [2.75, 3.05) is 33.8 Å². The number of amides is 1. The number of hydrogen-bond donors (Lipinski definition) is 1. The molecule has 1 N–H and O–H groups in total. The Morgan fingerprint density at radius 2 is 2.00 bits per heavy atom. The van der Waals surface area contributed by atoms with E-state index in [1.165, 1.54) is 4.90 Å². The summed E-state index contributed by atoms with van der Waals surface area (Å²) < 4.78 is 5.77. The summed E-state index contributed by atoms with van der Waals surface area (Å²) >= 11 is 0. The number of aliphatic hydroxyl groups excluding tert-OH is 1. The molecular formula is C25H31N3O4. The minimum Gasteiger partial charge on any atom is -0.507 e. The van der Waals surface area contributed by atoms with Crippen molar-refractivity contribution in [2.45, 2.75) is 26.8 Å². The van der Waals surface area contributed by atoms with E-state index in [0.29, 0.717) is 42.5 Å². The standard InChI is InChI=1S/C25H31N3O4/c1-16(2)15-32-19-8-9-20(17(3)13-19)23(29)21-22(18-7-6-10-26-14-18)28(12-11-27(4)5)25(31)24(21)30/h6-10,13-14,16,22,29H,11-12,15H2,1-5H3/t22-/m0/s1. The number of aryl methyl sites for hydroxylation is 1. The van der Waals surface area contributed by atoms with E-state index in [-0.39, 0.29) is 11.3 Å². The molecule has 1 fully saturated rings. The van der Waals surface area contributed by atoms with Gasteiger partial charge in [0.1, 0.15) is 11.5 Å². The fourth-order valence-electron chi connectivity index (χ4n) is 3.70. The van der Waals surface area contributed by atoms with Gasteiger partial charge >= 0.3 is 0 Å². The average molecular weight is 438 g/mol. The lowest BCUT2D eigenvalue weighted by atomic mass is 9.94. The van der Waals surface area contributed by atoms with Crippen LogP contribution in [0.2, 0.25) is 0 Å². The Balaban J connectivity index is 2.06. The highest BCUT2D eigenvalue weighted by atomic mass is 16.5. The van der Waals surface area contributed by atoms with E-state index >= 15 is 0 Å². The molecule has 1 aromatic carbocycles. The first-order valence-electron chi connectivity index (χ1n) is 10.8. The Morgan fingerprint density at radius 1 is 1.25 bits per heavy atom. The van der Waals surface area contributed by atoms with Crippen molar-refractivity contribution in [2.24, 2.45) is 5.92 Å². The molecule has 0 saturated carbocycles. The van der Waals surface area contributed by atoms with Gasteiger partial charge in [-0.05, 0) is 62.3 Å².